The Morgan fingerprint density at radius 1 is 0.321 bits per heavy atom. The van der Waals surface area contributed by atoms with Crippen LogP contribution >= 0.6 is 0 Å². The first kappa shape index (κ1) is 107. The minimum atomic E-state index is -0.0580. The molecule has 6 atom stereocenters. The summed E-state index contributed by atoms with van der Waals surface area (Å²) in [5.74, 6) is 3.81. The lowest BCUT2D eigenvalue weighted by atomic mass is 9.73. The van der Waals surface area contributed by atoms with E-state index in [1.54, 1.807) is 0 Å². The smallest absolute Gasteiger partial charge is 0.305 e. The Bertz CT molecular complexity index is 2050. The van der Waals surface area contributed by atoms with Crippen LogP contribution in [0.1, 0.15) is 486 Å². The zero-order valence-corrected chi connectivity index (χ0v) is 76.3. The molecule has 662 valence electrons. The zero-order chi connectivity index (χ0) is 81.6. The molecule has 112 heavy (non-hydrogen) atoms. The molecule has 1 fully saturated rings. The van der Waals surface area contributed by atoms with Crippen LogP contribution in [0.15, 0.2) is 0 Å². The Balaban J connectivity index is 2.56. The molecule has 0 aliphatic carbocycles. The molecule has 1 aliphatic heterocycles. The molecule has 13 heteroatoms. The number of nitrogens with one attached hydrogen (secondary N) is 1. The summed E-state index contributed by atoms with van der Waals surface area (Å²) in [5, 5.41) is 3.37. The van der Waals surface area contributed by atoms with Crippen LogP contribution in [0.4, 0.5) is 0 Å². The second-order valence-electron chi connectivity index (χ2n) is 35.9. The van der Waals surface area contributed by atoms with Gasteiger partial charge in [-0.2, -0.15) is 0 Å². The topological polar surface area (TPSA) is 150 Å². The van der Waals surface area contributed by atoms with Gasteiger partial charge in [-0.05, 0) is 178 Å². The highest BCUT2D eigenvalue weighted by Crippen LogP contribution is 2.37. The number of rotatable bonds is 87. The van der Waals surface area contributed by atoms with Gasteiger partial charge in [-0.1, -0.05) is 344 Å². The van der Waals surface area contributed by atoms with E-state index in [4.69, 9.17) is 23.7 Å². The number of esters is 4. The van der Waals surface area contributed by atoms with Crippen LogP contribution in [-0.4, -0.2) is 125 Å². The number of ether oxygens (including phenoxy) is 5. The van der Waals surface area contributed by atoms with Crippen molar-refractivity contribution in [3.05, 3.63) is 0 Å². The number of carbonyl (C=O) groups is 5. The molecule has 1 amide bonds. The molecule has 13 nitrogen and oxygen atoms in total. The normalized spacial score (nSPS) is 14.3. The summed E-state index contributed by atoms with van der Waals surface area (Å²) >= 11 is 0. The zero-order valence-electron chi connectivity index (χ0n) is 76.3. The third-order valence-electron chi connectivity index (χ3n) is 25.1. The summed E-state index contributed by atoms with van der Waals surface area (Å²) < 4.78 is 30.1. The highest BCUT2D eigenvalue weighted by molar-refractivity contribution is 5.76. The fourth-order valence-corrected chi connectivity index (χ4v) is 17.6. The molecular formula is C99H191N3O10. The quantitative estimate of drug-likeness (QED) is 0.0351. The highest BCUT2D eigenvalue weighted by Gasteiger charge is 2.28. The molecule has 6 unspecified atom stereocenters. The number of amides is 1. The van der Waals surface area contributed by atoms with Crippen molar-refractivity contribution in [1.82, 2.24) is 15.1 Å². The third kappa shape index (κ3) is 68.2. The SMILES string of the molecule is CCCCCC(CCCCC)CCOC(=O)CCCCCCCCC(CCCCCCC(=O)OCCC(CCCCC)CCCC(C)C(CCCC)C(CCCCC)CCOC(=O)CCCCCCCCC(CCCCCCC(=O)OCCC(CCCCC)CCCCC)OCCCCN1CCCC1)NC(=O)CCN(C)C. The van der Waals surface area contributed by atoms with Crippen molar-refractivity contribution in [2.75, 3.05) is 73.3 Å². The van der Waals surface area contributed by atoms with Gasteiger partial charge in [0.25, 0.3) is 0 Å². The van der Waals surface area contributed by atoms with E-state index in [2.05, 4.69) is 70.5 Å². The van der Waals surface area contributed by atoms with Crippen LogP contribution in [0.2, 0.25) is 0 Å². The monoisotopic (exact) mass is 1580 g/mol. The predicted molar refractivity (Wildman–Crippen MR) is 476 cm³/mol. The molecule has 1 heterocycles. The average Bonchev–Trinajstić information content (AvgIpc) is 0.921. The maximum atomic E-state index is 13.2. The van der Waals surface area contributed by atoms with Crippen molar-refractivity contribution in [3.8, 4) is 0 Å². The first-order valence-corrected chi connectivity index (χ1v) is 49.6. The van der Waals surface area contributed by atoms with E-state index in [1.807, 2.05) is 14.1 Å². The first-order valence-electron chi connectivity index (χ1n) is 49.6. The molecule has 1 N–H and O–H groups in total. The molecule has 0 spiro atoms. The second kappa shape index (κ2) is 80.6. The largest absolute Gasteiger partial charge is 0.466 e. The number of carbonyl (C=O) groups excluding carboxylic acids is 5. The molecule has 1 saturated heterocycles. The number of hydrogen-bond donors (Lipinski definition) is 1. The van der Waals surface area contributed by atoms with Gasteiger partial charge >= 0.3 is 23.9 Å². The molecule has 0 saturated carbocycles. The summed E-state index contributed by atoms with van der Waals surface area (Å²) in [4.78, 5) is 69.2. The van der Waals surface area contributed by atoms with Crippen LogP contribution in [0.5, 0.6) is 0 Å². The van der Waals surface area contributed by atoms with E-state index in [-0.39, 0.29) is 35.8 Å². The van der Waals surface area contributed by atoms with Crippen molar-refractivity contribution in [2.24, 2.45) is 35.5 Å². The van der Waals surface area contributed by atoms with Gasteiger partial charge in [0.05, 0.1) is 32.5 Å². The average molecular weight is 1580 g/mol. The molecule has 1 aliphatic rings. The Kier molecular flexibility index (Phi) is 77.2. The summed E-state index contributed by atoms with van der Waals surface area (Å²) in [5.41, 5.74) is 0. The number of unbranched alkanes of at least 4 members (excludes halogenated alkanes) is 30. The Morgan fingerprint density at radius 3 is 1.04 bits per heavy atom. The number of hydrogen-bond acceptors (Lipinski definition) is 12. The Hall–Kier alpha value is -2.77. The molecule has 0 radical (unpaired) electrons. The number of nitrogens with zero attached hydrogens (tertiary/aromatic N) is 2. The van der Waals surface area contributed by atoms with Gasteiger partial charge in [0.15, 0.2) is 0 Å². The minimum absolute atomic E-state index is 0.00898. The van der Waals surface area contributed by atoms with Gasteiger partial charge in [-0.3, -0.25) is 24.0 Å². The Morgan fingerprint density at radius 2 is 0.661 bits per heavy atom. The molecular weight excluding hydrogens is 1390 g/mol. The fraction of sp³-hybridized carbons (Fsp3) is 0.949. The van der Waals surface area contributed by atoms with E-state index in [0.29, 0.717) is 100 Å². The summed E-state index contributed by atoms with van der Waals surface area (Å²) in [7, 11) is 4.03. The molecule has 0 aromatic carbocycles. The van der Waals surface area contributed by atoms with Crippen LogP contribution in [0.3, 0.4) is 0 Å². The Labute approximate surface area is 695 Å². The lowest BCUT2D eigenvalue weighted by Crippen LogP contribution is -2.36. The first-order chi connectivity index (χ1) is 54.7. The minimum Gasteiger partial charge on any atom is -0.466 e. The third-order valence-corrected chi connectivity index (χ3v) is 25.1. The van der Waals surface area contributed by atoms with Crippen LogP contribution in [-0.2, 0) is 47.7 Å². The van der Waals surface area contributed by atoms with Crippen molar-refractivity contribution in [2.45, 2.75) is 498 Å². The highest BCUT2D eigenvalue weighted by atomic mass is 16.5. The van der Waals surface area contributed by atoms with Gasteiger partial charge in [-0.15, -0.1) is 0 Å². The maximum absolute atomic E-state index is 13.2. The van der Waals surface area contributed by atoms with Crippen molar-refractivity contribution in [1.29, 1.82) is 0 Å². The van der Waals surface area contributed by atoms with Crippen LogP contribution in [0, 0.1) is 35.5 Å². The molecule has 0 aromatic rings. The lowest BCUT2D eigenvalue weighted by Gasteiger charge is -2.33. The number of likely N-dealkylation sites (tertiary alicyclic amines) is 1. The van der Waals surface area contributed by atoms with Gasteiger partial charge in [0, 0.05) is 51.3 Å². The van der Waals surface area contributed by atoms with Gasteiger partial charge in [0.2, 0.25) is 5.91 Å². The van der Waals surface area contributed by atoms with Crippen molar-refractivity contribution < 1.29 is 47.7 Å². The summed E-state index contributed by atoms with van der Waals surface area (Å²) in [6, 6.07) is 0.182. The maximum Gasteiger partial charge on any atom is 0.305 e. The van der Waals surface area contributed by atoms with Crippen molar-refractivity contribution >= 4 is 29.8 Å². The van der Waals surface area contributed by atoms with Gasteiger partial charge < -0.3 is 38.8 Å². The molecule has 0 aromatic heterocycles. The van der Waals surface area contributed by atoms with Gasteiger partial charge in [0.1, 0.15) is 0 Å². The van der Waals surface area contributed by atoms with E-state index >= 15 is 0 Å². The van der Waals surface area contributed by atoms with Crippen molar-refractivity contribution in [3.63, 3.8) is 0 Å². The standard InChI is InChI=1S/C99H191N3O10/c1-11-18-37-57-88(58-38-19-12-2)74-83-109-96(104)69-47-31-27-25-29-43-64-92(100-95(103)73-81-101(9)10)65-44-33-35-49-71-97(105)111-85-76-90(61-41-22-15-5)62-55-56-87(8)94(68-24-17-7)91(63-42-23-16-6)77-86-112-99(107)70-48-32-28-26-30-45-66-93(108-82-54-53-80-102-78-51-52-79-102)67-46-34-36-50-72-98(106)110-84-75-89(59-39-20-13-3)60-40-21-14-4/h87-94H,11-86H2,1-10H3,(H,100,103). The van der Waals surface area contributed by atoms with E-state index in [1.165, 1.54) is 251 Å². The molecule has 0 bridgehead atoms. The van der Waals surface area contributed by atoms with Crippen LogP contribution in [0.25, 0.3) is 0 Å². The predicted octanol–water partition coefficient (Wildman–Crippen LogP) is 27.9. The van der Waals surface area contributed by atoms with Crippen LogP contribution < -0.4 is 5.32 Å². The summed E-state index contributed by atoms with van der Waals surface area (Å²) in [6.45, 7) is 26.1. The summed E-state index contributed by atoms with van der Waals surface area (Å²) in [6.07, 6.45) is 75.3. The lowest BCUT2D eigenvalue weighted by molar-refractivity contribution is -0.145. The molecule has 1 rings (SSSR count). The second-order valence-corrected chi connectivity index (χ2v) is 35.9. The van der Waals surface area contributed by atoms with E-state index < -0.39 is 0 Å². The van der Waals surface area contributed by atoms with E-state index in [9.17, 15) is 24.0 Å². The fourth-order valence-electron chi connectivity index (χ4n) is 17.6. The van der Waals surface area contributed by atoms with E-state index in [0.717, 1.165) is 180 Å². The van der Waals surface area contributed by atoms with Gasteiger partial charge in [-0.25, -0.2) is 0 Å².